The molecule has 8 heteroatoms. The summed E-state index contributed by atoms with van der Waals surface area (Å²) in [5, 5.41) is 11.6. The van der Waals surface area contributed by atoms with E-state index in [-0.39, 0.29) is 12.7 Å². The molecule has 2 N–H and O–H groups in total. The Balaban J connectivity index is 1.47. The first kappa shape index (κ1) is 23.7. The predicted octanol–water partition coefficient (Wildman–Crippen LogP) is 2.83. The van der Waals surface area contributed by atoms with Crippen LogP contribution in [0.5, 0.6) is 0 Å². The van der Waals surface area contributed by atoms with Crippen molar-refractivity contribution in [1.29, 1.82) is 0 Å². The molecule has 1 aromatic heterocycles. The molecular formula is C27H30N2O6. The summed E-state index contributed by atoms with van der Waals surface area (Å²) in [7, 11) is 0. The number of aliphatic hydroxyl groups excluding tert-OH is 1. The van der Waals surface area contributed by atoms with Crippen molar-refractivity contribution in [3.8, 4) is 0 Å². The maximum absolute atomic E-state index is 12.7. The Morgan fingerprint density at radius 2 is 1.71 bits per heavy atom. The third-order valence-corrected chi connectivity index (χ3v) is 7.01. The Morgan fingerprint density at radius 3 is 2.40 bits per heavy atom. The van der Waals surface area contributed by atoms with Gasteiger partial charge in [0.25, 0.3) is 5.56 Å². The van der Waals surface area contributed by atoms with E-state index in [1.54, 1.807) is 6.92 Å². The minimum atomic E-state index is -1.14. The highest BCUT2D eigenvalue weighted by Gasteiger charge is 2.62. The number of hydrogen-bond donors (Lipinski definition) is 2. The lowest BCUT2D eigenvalue weighted by atomic mass is 9.77. The molecule has 8 nitrogen and oxygen atoms in total. The molecule has 5 atom stereocenters. The average Bonchev–Trinajstić information content (AvgIpc) is 3.18. The topological polar surface area (TPSA) is 103 Å². The van der Waals surface area contributed by atoms with Crippen LogP contribution in [0, 0.1) is 6.92 Å². The number of fused-ring (bicyclic) bond motifs is 1. The second-order valence-corrected chi connectivity index (χ2v) is 9.33. The van der Waals surface area contributed by atoms with Crippen LogP contribution in [0.1, 0.15) is 42.2 Å². The van der Waals surface area contributed by atoms with Crippen molar-refractivity contribution in [2.75, 3.05) is 0 Å². The first-order valence-electron chi connectivity index (χ1n) is 12.0. The summed E-state index contributed by atoms with van der Waals surface area (Å²) >= 11 is 0. The molecule has 0 unspecified atom stereocenters. The van der Waals surface area contributed by atoms with E-state index in [1.165, 1.54) is 10.8 Å². The van der Waals surface area contributed by atoms with Crippen molar-refractivity contribution in [3.05, 3.63) is 104 Å². The molecule has 1 saturated heterocycles. The Labute approximate surface area is 203 Å². The maximum Gasteiger partial charge on any atom is 0.330 e. The highest BCUT2D eigenvalue weighted by Crippen LogP contribution is 2.48. The molecule has 2 fully saturated rings. The summed E-state index contributed by atoms with van der Waals surface area (Å²) in [6, 6.07) is 19.6. The zero-order valence-electron chi connectivity index (χ0n) is 19.6. The number of nitrogens with one attached hydrogen (secondary N) is 1. The maximum atomic E-state index is 12.7. The van der Waals surface area contributed by atoms with Gasteiger partial charge in [-0.3, -0.25) is 14.3 Å². The van der Waals surface area contributed by atoms with Crippen LogP contribution in [-0.2, 0) is 27.4 Å². The van der Waals surface area contributed by atoms with Gasteiger partial charge in [-0.25, -0.2) is 4.79 Å². The number of nitrogens with zero attached hydrogens (tertiary/aromatic N) is 1. The lowest BCUT2D eigenvalue weighted by Crippen LogP contribution is -2.57. The van der Waals surface area contributed by atoms with Gasteiger partial charge in [-0.2, -0.15) is 0 Å². The molecule has 2 heterocycles. The van der Waals surface area contributed by atoms with Crippen molar-refractivity contribution >= 4 is 0 Å². The monoisotopic (exact) mass is 478 g/mol. The number of aromatic nitrogens is 2. The Bertz CT molecular complexity index is 1260. The van der Waals surface area contributed by atoms with Crippen LogP contribution in [0.2, 0.25) is 0 Å². The minimum Gasteiger partial charge on any atom is -0.385 e. The van der Waals surface area contributed by atoms with E-state index in [0.29, 0.717) is 18.6 Å². The Hall–Kier alpha value is -3.04. The number of aliphatic hydroxyl groups is 1. The van der Waals surface area contributed by atoms with E-state index < -0.39 is 35.3 Å². The van der Waals surface area contributed by atoms with Gasteiger partial charge in [0.05, 0.1) is 19.3 Å². The van der Waals surface area contributed by atoms with Crippen LogP contribution >= 0.6 is 0 Å². The molecule has 0 radical (unpaired) electrons. The first-order valence-corrected chi connectivity index (χ1v) is 12.0. The SMILES string of the molecule is Cc1cn([C@@H]2O[C@@H]3[C@H](OCc4ccccc4)CCC[C@]3(OCc3ccccc3)[C@H]2O)c(=O)[nH]c1=O. The van der Waals surface area contributed by atoms with Crippen LogP contribution < -0.4 is 11.2 Å². The molecule has 2 aliphatic rings. The zero-order chi connectivity index (χ0) is 24.4. The molecule has 2 aromatic carbocycles. The summed E-state index contributed by atoms with van der Waals surface area (Å²) in [6.07, 6.45) is 0.426. The van der Waals surface area contributed by atoms with Crippen LogP contribution in [0.15, 0.2) is 76.4 Å². The standard InChI is InChI=1S/C27H30N2O6/c1-18-15-29(26(32)28-24(18)31)25-22(30)27(34-17-20-11-6-3-7-12-20)14-8-13-21(23(27)35-25)33-16-19-9-4-2-5-10-19/h2-7,9-12,15,21-23,25,30H,8,13-14,16-17H2,1H3,(H,28,31,32)/t21-,22+,23-,25-,27+/m1/s1. The highest BCUT2D eigenvalue weighted by molar-refractivity contribution is 5.16. The van der Waals surface area contributed by atoms with Crippen LogP contribution in [0.25, 0.3) is 0 Å². The summed E-state index contributed by atoms with van der Waals surface area (Å²) in [4.78, 5) is 26.9. The molecule has 184 valence electrons. The predicted molar refractivity (Wildman–Crippen MR) is 129 cm³/mol. The lowest BCUT2D eigenvalue weighted by Gasteiger charge is -2.43. The quantitative estimate of drug-likeness (QED) is 0.541. The van der Waals surface area contributed by atoms with E-state index in [0.717, 1.165) is 24.0 Å². The molecular weight excluding hydrogens is 448 g/mol. The molecule has 1 aliphatic heterocycles. The van der Waals surface area contributed by atoms with Gasteiger partial charge in [0.2, 0.25) is 0 Å². The molecule has 35 heavy (non-hydrogen) atoms. The third-order valence-electron chi connectivity index (χ3n) is 7.01. The number of hydrogen-bond acceptors (Lipinski definition) is 6. The minimum absolute atomic E-state index is 0.287. The Kier molecular flexibility index (Phi) is 6.71. The van der Waals surface area contributed by atoms with E-state index >= 15 is 0 Å². The fourth-order valence-electron chi connectivity index (χ4n) is 5.15. The largest absolute Gasteiger partial charge is 0.385 e. The van der Waals surface area contributed by atoms with E-state index in [4.69, 9.17) is 14.2 Å². The van der Waals surface area contributed by atoms with Gasteiger partial charge in [0.15, 0.2) is 6.23 Å². The molecule has 0 bridgehead atoms. The molecule has 5 rings (SSSR count). The number of ether oxygens (including phenoxy) is 3. The van der Waals surface area contributed by atoms with Gasteiger partial charge in [-0.1, -0.05) is 60.7 Å². The molecule has 1 aliphatic carbocycles. The van der Waals surface area contributed by atoms with Crippen molar-refractivity contribution in [2.24, 2.45) is 0 Å². The smallest absolute Gasteiger partial charge is 0.330 e. The summed E-state index contributed by atoms with van der Waals surface area (Å²) in [5.41, 5.74) is 0.200. The van der Waals surface area contributed by atoms with Crippen LogP contribution in [-0.4, -0.2) is 38.6 Å². The zero-order valence-corrected chi connectivity index (χ0v) is 19.6. The number of H-pyrrole nitrogens is 1. The van der Waals surface area contributed by atoms with E-state index in [2.05, 4.69) is 4.98 Å². The second-order valence-electron chi connectivity index (χ2n) is 9.33. The third kappa shape index (κ3) is 4.62. The second kappa shape index (κ2) is 9.91. The fourth-order valence-corrected chi connectivity index (χ4v) is 5.15. The summed E-state index contributed by atoms with van der Waals surface area (Å²) < 4.78 is 20.4. The van der Waals surface area contributed by atoms with Gasteiger partial charge < -0.3 is 19.3 Å². The van der Waals surface area contributed by atoms with Crippen molar-refractivity contribution in [2.45, 2.75) is 69.5 Å². The van der Waals surface area contributed by atoms with Crippen molar-refractivity contribution < 1.29 is 19.3 Å². The molecule has 0 spiro atoms. The average molecular weight is 479 g/mol. The molecule has 0 amide bonds. The Morgan fingerprint density at radius 1 is 1.06 bits per heavy atom. The number of benzene rings is 2. The van der Waals surface area contributed by atoms with Gasteiger partial charge in [-0.15, -0.1) is 0 Å². The normalized spacial score (nSPS) is 28.1. The number of aromatic amines is 1. The molecule has 3 aromatic rings. The number of rotatable bonds is 7. The number of aryl methyl sites for hydroxylation is 1. The summed E-state index contributed by atoms with van der Waals surface area (Å²) in [6.45, 7) is 2.30. The van der Waals surface area contributed by atoms with Crippen molar-refractivity contribution in [3.63, 3.8) is 0 Å². The first-order chi connectivity index (χ1) is 17.0. The van der Waals surface area contributed by atoms with Gasteiger partial charge in [-0.05, 0) is 37.3 Å². The van der Waals surface area contributed by atoms with E-state index in [9.17, 15) is 14.7 Å². The lowest BCUT2D eigenvalue weighted by molar-refractivity contribution is -0.195. The fraction of sp³-hybridized carbons (Fsp3) is 0.407. The van der Waals surface area contributed by atoms with Crippen LogP contribution in [0.4, 0.5) is 0 Å². The van der Waals surface area contributed by atoms with Crippen molar-refractivity contribution in [1.82, 2.24) is 9.55 Å². The highest BCUT2D eigenvalue weighted by atomic mass is 16.6. The van der Waals surface area contributed by atoms with E-state index in [1.807, 2.05) is 60.7 Å². The van der Waals surface area contributed by atoms with Gasteiger partial charge >= 0.3 is 5.69 Å². The van der Waals surface area contributed by atoms with Crippen LogP contribution in [0.3, 0.4) is 0 Å². The van der Waals surface area contributed by atoms with Gasteiger partial charge in [0.1, 0.15) is 17.8 Å². The summed E-state index contributed by atoms with van der Waals surface area (Å²) in [5.74, 6) is 0. The van der Waals surface area contributed by atoms with Gasteiger partial charge in [0, 0.05) is 11.8 Å². The molecule has 1 saturated carbocycles.